The van der Waals surface area contributed by atoms with E-state index in [-0.39, 0.29) is 6.03 Å². The number of amides is 2. The highest BCUT2D eigenvalue weighted by Crippen LogP contribution is 2.17. The summed E-state index contributed by atoms with van der Waals surface area (Å²) in [4.78, 5) is 23.3. The second-order valence-electron chi connectivity index (χ2n) is 4.47. The Labute approximate surface area is 122 Å². The SMILES string of the molecule is COC(=O)c1ccc(NC(=O)Nc2ccccc2)c(C)c1. The van der Waals surface area contributed by atoms with Gasteiger partial charge < -0.3 is 15.4 Å². The zero-order chi connectivity index (χ0) is 15.2. The first-order valence-corrected chi connectivity index (χ1v) is 6.42. The number of para-hydroxylation sites is 1. The van der Waals surface area contributed by atoms with Crippen LogP contribution < -0.4 is 10.6 Å². The number of esters is 1. The van der Waals surface area contributed by atoms with Crippen LogP contribution >= 0.6 is 0 Å². The molecule has 2 aromatic rings. The molecule has 2 rings (SSSR count). The summed E-state index contributed by atoms with van der Waals surface area (Å²) in [6.45, 7) is 1.81. The summed E-state index contributed by atoms with van der Waals surface area (Å²) in [5.41, 5.74) is 2.57. The van der Waals surface area contributed by atoms with Crippen molar-refractivity contribution in [3.63, 3.8) is 0 Å². The highest BCUT2D eigenvalue weighted by atomic mass is 16.5. The van der Waals surface area contributed by atoms with E-state index in [1.807, 2.05) is 25.1 Å². The fraction of sp³-hybridized carbons (Fsp3) is 0.125. The van der Waals surface area contributed by atoms with Crippen LogP contribution in [0.3, 0.4) is 0 Å². The summed E-state index contributed by atoms with van der Waals surface area (Å²) in [6.07, 6.45) is 0. The van der Waals surface area contributed by atoms with E-state index in [1.165, 1.54) is 7.11 Å². The Kier molecular flexibility index (Phi) is 4.56. The first-order chi connectivity index (χ1) is 10.1. The fourth-order valence-electron chi connectivity index (χ4n) is 1.85. The maximum Gasteiger partial charge on any atom is 0.337 e. The molecule has 0 heterocycles. The normalized spacial score (nSPS) is 9.81. The van der Waals surface area contributed by atoms with Crippen molar-refractivity contribution in [1.82, 2.24) is 0 Å². The van der Waals surface area contributed by atoms with Gasteiger partial charge in [0.1, 0.15) is 0 Å². The van der Waals surface area contributed by atoms with Crippen molar-refractivity contribution < 1.29 is 14.3 Å². The first kappa shape index (κ1) is 14.6. The van der Waals surface area contributed by atoms with E-state index in [2.05, 4.69) is 15.4 Å². The maximum absolute atomic E-state index is 11.9. The zero-order valence-corrected chi connectivity index (χ0v) is 11.8. The molecule has 0 radical (unpaired) electrons. The number of methoxy groups -OCH3 is 1. The first-order valence-electron chi connectivity index (χ1n) is 6.42. The lowest BCUT2D eigenvalue weighted by Crippen LogP contribution is -2.20. The Morgan fingerprint density at radius 1 is 1.00 bits per heavy atom. The molecule has 5 heteroatoms. The van der Waals surface area contributed by atoms with Gasteiger partial charge >= 0.3 is 12.0 Å². The summed E-state index contributed by atoms with van der Waals surface area (Å²) >= 11 is 0. The third-order valence-corrected chi connectivity index (χ3v) is 2.93. The third-order valence-electron chi connectivity index (χ3n) is 2.93. The molecule has 2 amide bonds. The zero-order valence-electron chi connectivity index (χ0n) is 11.8. The van der Waals surface area contributed by atoms with Crippen LogP contribution in [-0.2, 0) is 4.74 Å². The minimum atomic E-state index is -0.404. The average Bonchev–Trinajstić information content (AvgIpc) is 2.49. The van der Waals surface area contributed by atoms with Crippen molar-refractivity contribution >= 4 is 23.4 Å². The second-order valence-corrected chi connectivity index (χ2v) is 4.47. The van der Waals surface area contributed by atoms with Crippen LogP contribution in [0, 0.1) is 6.92 Å². The molecular weight excluding hydrogens is 268 g/mol. The van der Waals surface area contributed by atoms with Crippen molar-refractivity contribution in [2.75, 3.05) is 17.7 Å². The molecule has 0 fully saturated rings. The number of hydrogen-bond acceptors (Lipinski definition) is 3. The van der Waals surface area contributed by atoms with Crippen LogP contribution in [0.2, 0.25) is 0 Å². The Morgan fingerprint density at radius 2 is 1.71 bits per heavy atom. The number of benzene rings is 2. The highest BCUT2D eigenvalue weighted by Gasteiger charge is 2.09. The van der Waals surface area contributed by atoms with E-state index in [4.69, 9.17) is 0 Å². The molecule has 21 heavy (non-hydrogen) atoms. The average molecular weight is 284 g/mol. The number of hydrogen-bond donors (Lipinski definition) is 2. The van der Waals surface area contributed by atoms with Gasteiger partial charge in [0.05, 0.1) is 12.7 Å². The highest BCUT2D eigenvalue weighted by molar-refractivity contribution is 6.00. The third kappa shape index (κ3) is 3.82. The minimum absolute atomic E-state index is 0.338. The van der Waals surface area contributed by atoms with Crippen molar-refractivity contribution in [2.45, 2.75) is 6.92 Å². The van der Waals surface area contributed by atoms with E-state index >= 15 is 0 Å². The molecule has 2 N–H and O–H groups in total. The number of nitrogens with one attached hydrogen (secondary N) is 2. The maximum atomic E-state index is 11.9. The molecule has 0 atom stereocenters. The Morgan fingerprint density at radius 3 is 2.33 bits per heavy atom. The van der Waals surface area contributed by atoms with Gasteiger partial charge in [0, 0.05) is 11.4 Å². The van der Waals surface area contributed by atoms with Crippen LogP contribution in [-0.4, -0.2) is 19.1 Å². The lowest BCUT2D eigenvalue weighted by molar-refractivity contribution is 0.0600. The van der Waals surface area contributed by atoms with E-state index in [0.29, 0.717) is 16.9 Å². The molecule has 108 valence electrons. The molecule has 0 aliphatic rings. The van der Waals surface area contributed by atoms with Gasteiger partial charge in [0.25, 0.3) is 0 Å². The Hall–Kier alpha value is -2.82. The largest absolute Gasteiger partial charge is 0.465 e. The number of rotatable bonds is 3. The molecule has 2 aromatic carbocycles. The van der Waals surface area contributed by atoms with Crippen LogP contribution in [0.15, 0.2) is 48.5 Å². The molecule has 0 aromatic heterocycles. The fourth-order valence-corrected chi connectivity index (χ4v) is 1.85. The predicted octanol–water partition coefficient (Wildman–Crippen LogP) is 3.43. The minimum Gasteiger partial charge on any atom is -0.465 e. The summed E-state index contributed by atoms with van der Waals surface area (Å²) in [5.74, 6) is -0.404. The lowest BCUT2D eigenvalue weighted by Gasteiger charge is -2.10. The summed E-state index contributed by atoms with van der Waals surface area (Å²) in [7, 11) is 1.33. The molecule has 0 aliphatic carbocycles. The molecular formula is C16H16N2O3. The van der Waals surface area contributed by atoms with E-state index in [0.717, 1.165) is 5.56 Å². The van der Waals surface area contributed by atoms with Gasteiger partial charge in [-0.1, -0.05) is 18.2 Å². The molecule has 5 nitrogen and oxygen atoms in total. The van der Waals surface area contributed by atoms with E-state index in [9.17, 15) is 9.59 Å². The predicted molar refractivity (Wildman–Crippen MR) is 81.6 cm³/mol. The molecule has 0 bridgehead atoms. The van der Waals surface area contributed by atoms with E-state index < -0.39 is 5.97 Å². The summed E-state index contributed by atoms with van der Waals surface area (Å²) in [6, 6.07) is 13.8. The number of urea groups is 1. The topological polar surface area (TPSA) is 67.4 Å². The molecule has 0 aliphatic heterocycles. The number of carbonyl (C=O) groups excluding carboxylic acids is 2. The number of ether oxygens (including phenoxy) is 1. The van der Waals surface area contributed by atoms with Gasteiger partial charge in [-0.05, 0) is 42.8 Å². The van der Waals surface area contributed by atoms with Gasteiger partial charge in [0.15, 0.2) is 0 Å². The molecule has 0 saturated carbocycles. The lowest BCUT2D eigenvalue weighted by atomic mass is 10.1. The Bertz CT molecular complexity index is 654. The standard InChI is InChI=1S/C16H16N2O3/c1-11-10-12(15(19)21-2)8-9-14(11)18-16(20)17-13-6-4-3-5-7-13/h3-10H,1-2H3,(H2,17,18,20). The van der Waals surface area contributed by atoms with Crippen molar-refractivity contribution in [3.8, 4) is 0 Å². The van der Waals surface area contributed by atoms with Gasteiger partial charge in [-0.2, -0.15) is 0 Å². The molecule has 0 spiro atoms. The van der Waals surface area contributed by atoms with Crippen LogP contribution in [0.4, 0.5) is 16.2 Å². The smallest absolute Gasteiger partial charge is 0.337 e. The van der Waals surface area contributed by atoms with Gasteiger partial charge in [-0.15, -0.1) is 0 Å². The number of aryl methyl sites for hydroxylation is 1. The van der Waals surface area contributed by atoms with Gasteiger partial charge in [0.2, 0.25) is 0 Å². The van der Waals surface area contributed by atoms with E-state index in [1.54, 1.807) is 30.3 Å². The molecule has 0 saturated heterocycles. The quantitative estimate of drug-likeness (QED) is 0.848. The van der Waals surface area contributed by atoms with Crippen LogP contribution in [0.1, 0.15) is 15.9 Å². The summed E-state index contributed by atoms with van der Waals surface area (Å²) < 4.78 is 4.65. The van der Waals surface area contributed by atoms with Gasteiger partial charge in [-0.25, -0.2) is 9.59 Å². The van der Waals surface area contributed by atoms with Crippen LogP contribution in [0.25, 0.3) is 0 Å². The number of anilines is 2. The molecule has 0 unspecified atom stereocenters. The van der Waals surface area contributed by atoms with Crippen molar-refractivity contribution in [3.05, 3.63) is 59.7 Å². The number of carbonyl (C=O) groups is 2. The van der Waals surface area contributed by atoms with Gasteiger partial charge in [-0.3, -0.25) is 0 Å². The van der Waals surface area contributed by atoms with Crippen molar-refractivity contribution in [2.24, 2.45) is 0 Å². The second kappa shape index (κ2) is 6.56. The Balaban J connectivity index is 2.06. The van der Waals surface area contributed by atoms with Crippen LogP contribution in [0.5, 0.6) is 0 Å². The van der Waals surface area contributed by atoms with Crippen molar-refractivity contribution in [1.29, 1.82) is 0 Å². The summed E-state index contributed by atoms with van der Waals surface area (Å²) in [5, 5.41) is 5.47. The monoisotopic (exact) mass is 284 g/mol.